The molecule has 2 aliphatic heterocycles. The van der Waals surface area contributed by atoms with Crippen LogP contribution in [0.25, 0.3) is 0 Å². The smallest absolute Gasteiger partial charge is 0.276 e. The number of likely N-dealkylation sites (tertiary alicyclic amines) is 1. The number of aromatic nitrogens is 1. The van der Waals surface area contributed by atoms with Gasteiger partial charge in [-0.25, -0.2) is 0 Å². The predicted octanol–water partition coefficient (Wildman–Crippen LogP) is 1.96. The van der Waals surface area contributed by atoms with E-state index in [1.807, 2.05) is 11.0 Å². The molecular weight excluding hydrogens is 284 g/mol. The number of hydrogen-bond donors (Lipinski definition) is 0. The van der Waals surface area contributed by atoms with Gasteiger partial charge in [0.15, 0.2) is 5.69 Å². The van der Waals surface area contributed by atoms with Gasteiger partial charge in [-0.2, -0.15) is 0 Å². The van der Waals surface area contributed by atoms with Crippen LogP contribution >= 0.6 is 0 Å². The van der Waals surface area contributed by atoms with E-state index >= 15 is 0 Å². The first-order chi connectivity index (χ1) is 10.7. The molecule has 0 unspecified atom stereocenters. The fourth-order valence-electron chi connectivity index (χ4n) is 3.62. The number of ether oxygens (including phenoxy) is 2. The molecular formula is C16H22N2O4. The highest BCUT2D eigenvalue weighted by molar-refractivity contribution is 5.92. The monoisotopic (exact) mass is 306 g/mol. The van der Waals surface area contributed by atoms with Gasteiger partial charge in [0.2, 0.25) is 0 Å². The lowest BCUT2D eigenvalue weighted by Gasteiger charge is -2.39. The van der Waals surface area contributed by atoms with E-state index in [9.17, 15) is 4.79 Å². The summed E-state index contributed by atoms with van der Waals surface area (Å²) < 4.78 is 16.7. The van der Waals surface area contributed by atoms with Crippen molar-refractivity contribution in [3.05, 3.63) is 17.5 Å². The second kappa shape index (κ2) is 5.35. The van der Waals surface area contributed by atoms with Gasteiger partial charge in [-0.3, -0.25) is 4.79 Å². The zero-order valence-corrected chi connectivity index (χ0v) is 12.9. The summed E-state index contributed by atoms with van der Waals surface area (Å²) in [6.07, 6.45) is 5.23. The zero-order valence-electron chi connectivity index (χ0n) is 12.9. The van der Waals surface area contributed by atoms with E-state index in [1.165, 1.54) is 0 Å². The molecule has 0 radical (unpaired) electrons. The van der Waals surface area contributed by atoms with Gasteiger partial charge in [0.05, 0.1) is 24.9 Å². The molecule has 1 aromatic rings. The van der Waals surface area contributed by atoms with Crippen LogP contribution in [-0.2, 0) is 9.47 Å². The molecule has 4 rings (SSSR count). The van der Waals surface area contributed by atoms with Gasteiger partial charge < -0.3 is 18.9 Å². The quantitative estimate of drug-likeness (QED) is 0.854. The van der Waals surface area contributed by atoms with Gasteiger partial charge in [-0.1, -0.05) is 5.16 Å². The summed E-state index contributed by atoms with van der Waals surface area (Å²) in [7, 11) is 1.72. The maximum absolute atomic E-state index is 12.7. The summed E-state index contributed by atoms with van der Waals surface area (Å²) in [5.41, 5.74) is 0.192. The highest BCUT2D eigenvalue weighted by atomic mass is 16.6. The normalized spacial score (nSPS) is 31.9. The molecule has 0 aromatic carbocycles. The van der Waals surface area contributed by atoms with Crippen molar-refractivity contribution in [3.63, 3.8) is 0 Å². The van der Waals surface area contributed by atoms with Crippen molar-refractivity contribution in [1.82, 2.24) is 10.1 Å². The molecule has 2 atom stereocenters. The summed E-state index contributed by atoms with van der Waals surface area (Å²) in [4.78, 5) is 14.5. The lowest BCUT2D eigenvalue weighted by atomic mass is 9.89. The summed E-state index contributed by atoms with van der Waals surface area (Å²) in [6, 6.07) is 1.81. The van der Waals surface area contributed by atoms with Crippen LogP contribution in [0.5, 0.6) is 0 Å². The molecule has 1 aliphatic carbocycles. The largest absolute Gasteiger partial charge is 0.379 e. The van der Waals surface area contributed by atoms with Gasteiger partial charge in [0.1, 0.15) is 5.76 Å². The Labute approximate surface area is 129 Å². The van der Waals surface area contributed by atoms with Gasteiger partial charge in [0, 0.05) is 32.1 Å². The van der Waals surface area contributed by atoms with E-state index in [4.69, 9.17) is 14.0 Å². The number of hydrogen-bond acceptors (Lipinski definition) is 5. The Morgan fingerprint density at radius 1 is 1.50 bits per heavy atom. The van der Waals surface area contributed by atoms with Gasteiger partial charge >= 0.3 is 0 Å². The average Bonchev–Trinajstić information content (AvgIpc) is 3.14. The van der Waals surface area contributed by atoms with Crippen molar-refractivity contribution in [2.24, 2.45) is 0 Å². The summed E-state index contributed by atoms with van der Waals surface area (Å²) >= 11 is 0. The Kier molecular flexibility index (Phi) is 3.46. The number of piperidine rings is 1. The second-order valence-electron chi connectivity index (χ2n) is 6.77. The van der Waals surface area contributed by atoms with Gasteiger partial charge in [-0.05, 0) is 25.7 Å². The minimum absolute atomic E-state index is 0.0424. The molecule has 1 saturated carbocycles. The van der Waals surface area contributed by atoms with Crippen LogP contribution in [0, 0.1) is 0 Å². The van der Waals surface area contributed by atoms with Crippen molar-refractivity contribution < 1.29 is 18.8 Å². The fraction of sp³-hybridized carbons (Fsp3) is 0.750. The van der Waals surface area contributed by atoms with Crippen LogP contribution in [0.4, 0.5) is 0 Å². The van der Waals surface area contributed by atoms with E-state index in [-0.39, 0.29) is 17.6 Å². The summed E-state index contributed by atoms with van der Waals surface area (Å²) in [6.45, 7) is 2.00. The summed E-state index contributed by atoms with van der Waals surface area (Å²) in [5.74, 6) is 1.29. The van der Waals surface area contributed by atoms with Crippen molar-refractivity contribution in [1.29, 1.82) is 0 Å². The van der Waals surface area contributed by atoms with Crippen molar-refractivity contribution in [2.75, 3.05) is 26.8 Å². The molecule has 3 aliphatic rings. The molecule has 120 valence electrons. The molecule has 2 saturated heterocycles. The lowest BCUT2D eigenvalue weighted by Crippen LogP contribution is -2.50. The van der Waals surface area contributed by atoms with Crippen LogP contribution in [-0.4, -0.2) is 54.5 Å². The minimum Gasteiger partial charge on any atom is -0.379 e. The van der Waals surface area contributed by atoms with Gasteiger partial charge in [-0.15, -0.1) is 0 Å². The molecule has 22 heavy (non-hydrogen) atoms. The van der Waals surface area contributed by atoms with E-state index in [0.29, 0.717) is 24.8 Å². The Bertz CT molecular complexity index is 568. The first kappa shape index (κ1) is 14.2. The van der Waals surface area contributed by atoms with E-state index in [0.717, 1.165) is 44.4 Å². The molecule has 1 spiro atoms. The third-order valence-corrected chi connectivity index (χ3v) is 5.06. The van der Waals surface area contributed by atoms with Crippen LogP contribution in [0.3, 0.4) is 0 Å². The molecule has 0 N–H and O–H groups in total. The van der Waals surface area contributed by atoms with Crippen molar-refractivity contribution in [2.45, 2.75) is 49.7 Å². The molecule has 6 heteroatoms. The molecule has 1 amide bonds. The third kappa shape index (κ3) is 2.54. The maximum atomic E-state index is 12.7. The number of amides is 1. The van der Waals surface area contributed by atoms with Crippen LogP contribution < -0.4 is 0 Å². The highest BCUT2D eigenvalue weighted by Gasteiger charge is 2.45. The van der Waals surface area contributed by atoms with E-state index in [2.05, 4.69) is 5.16 Å². The SMILES string of the molecule is CO[C@H]1CO[C@]2(CCCN(C(=O)c3cc(C4CC4)on3)C2)C1. The standard InChI is InChI=1S/C16H22N2O4/c1-20-12-8-16(21-9-12)5-2-6-18(10-16)15(19)13-7-14(22-17-13)11-3-4-11/h7,11-12H,2-6,8-10H2,1H3/t12-,16-/m1/s1. The first-order valence-corrected chi connectivity index (χ1v) is 8.12. The number of carbonyl (C=O) groups is 1. The topological polar surface area (TPSA) is 64.8 Å². The highest BCUT2D eigenvalue weighted by Crippen LogP contribution is 2.40. The molecule has 3 heterocycles. The van der Waals surface area contributed by atoms with Crippen LogP contribution in [0.1, 0.15) is 54.3 Å². The van der Waals surface area contributed by atoms with Gasteiger partial charge in [0.25, 0.3) is 5.91 Å². The number of rotatable bonds is 3. The second-order valence-corrected chi connectivity index (χ2v) is 6.77. The average molecular weight is 306 g/mol. The first-order valence-electron chi connectivity index (χ1n) is 8.12. The Morgan fingerprint density at radius 2 is 2.36 bits per heavy atom. The zero-order chi connectivity index (χ0) is 15.2. The number of carbonyl (C=O) groups excluding carboxylic acids is 1. The lowest BCUT2D eigenvalue weighted by molar-refractivity contribution is -0.0460. The molecule has 3 fully saturated rings. The number of nitrogens with zero attached hydrogens (tertiary/aromatic N) is 2. The Morgan fingerprint density at radius 3 is 3.09 bits per heavy atom. The predicted molar refractivity (Wildman–Crippen MR) is 77.7 cm³/mol. The molecule has 1 aromatic heterocycles. The Balaban J connectivity index is 1.46. The Hall–Kier alpha value is -1.40. The van der Waals surface area contributed by atoms with Crippen LogP contribution in [0.15, 0.2) is 10.6 Å². The summed E-state index contributed by atoms with van der Waals surface area (Å²) in [5, 5.41) is 3.97. The maximum Gasteiger partial charge on any atom is 0.276 e. The number of methoxy groups -OCH3 is 1. The molecule has 0 bridgehead atoms. The fourth-order valence-corrected chi connectivity index (χ4v) is 3.62. The van der Waals surface area contributed by atoms with E-state index < -0.39 is 0 Å². The van der Waals surface area contributed by atoms with Crippen molar-refractivity contribution in [3.8, 4) is 0 Å². The van der Waals surface area contributed by atoms with Crippen LogP contribution in [0.2, 0.25) is 0 Å². The van der Waals surface area contributed by atoms with E-state index in [1.54, 1.807) is 7.11 Å². The van der Waals surface area contributed by atoms with Crippen molar-refractivity contribution >= 4 is 5.91 Å². The minimum atomic E-state index is -0.238. The molecule has 6 nitrogen and oxygen atoms in total. The third-order valence-electron chi connectivity index (χ3n) is 5.06.